The fraction of sp³-hybridized carbons (Fsp3) is 0.130. The third-order valence-corrected chi connectivity index (χ3v) is 4.73. The summed E-state index contributed by atoms with van der Waals surface area (Å²) in [4.78, 5) is 0. The minimum absolute atomic E-state index is 0.0105. The van der Waals surface area contributed by atoms with Crippen LogP contribution < -0.4 is 4.74 Å². The first-order valence-corrected chi connectivity index (χ1v) is 9.37. The van der Waals surface area contributed by atoms with Gasteiger partial charge in [0.2, 0.25) is 5.83 Å². The van der Waals surface area contributed by atoms with Gasteiger partial charge in [-0.2, -0.15) is 26.3 Å². The van der Waals surface area contributed by atoms with Crippen LogP contribution in [0, 0.1) is 30.2 Å². The van der Waals surface area contributed by atoms with Gasteiger partial charge in [-0.15, -0.1) is 0 Å². The summed E-state index contributed by atoms with van der Waals surface area (Å²) in [6, 6.07) is 5.84. The topological polar surface area (TPSA) is 9.23 Å². The number of alkyl halides is 5. The molecule has 0 amide bonds. The predicted molar refractivity (Wildman–Crippen MR) is 103 cm³/mol. The van der Waals surface area contributed by atoms with Crippen LogP contribution in [-0.2, 0) is 6.11 Å². The van der Waals surface area contributed by atoms with Gasteiger partial charge in [-0.05, 0) is 30.2 Å². The fourth-order valence-electron chi connectivity index (χ4n) is 2.97. The number of hydrogen-bond donors (Lipinski definition) is 0. The van der Waals surface area contributed by atoms with Crippen LogP contribution >= 0.6 is 0 Å². The number of allylic oxidation sites excluding steroid dienone is 1. The summed E-state index contributed by atoms with van der Waals surface area (Å²) >= 11 is 0. The molecular formula is C23H11F11O. The van der Waals surface area contributed by atoms with Gasteiger partial charge in [-0.25, -0.2) is 22.0 Å². The maximum atomic E-state index is 14.5. The van der Waals surface area contributed by atoms with Crippen molar-refractivity contribution in [1.82, 2.24) is 0 Å². The molecule has 0 aliphatic carbocycles. The van der Waals surface area contributed by atoms with Crippen LogP contribution in [0.15, 0.2) is 54.4 Å². The largest absolute Gasteiger partial charge is 0.445 e. The van der Waals surface area contributed by atoms with Crippen molar-refractivity contribution in [1.29, 1.82) is 0 Å². The lowest BCUT2D eigenvalue weighted by molar-refractivity contribution is -0.185. The average Bonchev–Trinajstić information content (AvgIpc) is 2.75. The lowest BCUT2D eigenvalue weighted by atomic mass is 10.0. The third kappa shape index (κ3) is 5.25. The van der Waals surface area contributed by atoms with E-state index >= 15 is 0 Å². The Balaban J connectivity index is 1.90. The lowest BCUT2D eigenvalue weighted by Gasteiger charge is -2.19. The van der Waals surface area contributed by atoms with E-state index in [4.69, 9.17) is 0 Å². The van der Waals surface area contributed by atoms with Crippen molar-refractivity contribution in [3.05, 3.63) is 94.3 Å². The van der Waals surface area contributed by atoms with Crippen LogP contribution in [-0.4, -0.2) is 6.18 Å². The fourth-order valence-corrected chi connectivity index (χ4v) is 2.97. The zero-order valence-corrected chi connectivity index (χ0v) is 17.2. The van der Waals surface area contributed by atoms with Gasteiger partial charge in [0.15, 0.2) is 17.5 Å². The van der Waals surface area contributed by atoms with Gasteiger partial charge >= 0.3 is 12.3 Å². The minimum Gasteiger partial charge on any atom is -0.429 e. The number of rotatable bonds is 5. The number of aryl methyl sites for hydroxylation is 1. The van der Waals surface area contributed by atoms with E-state index in [0.717, 1.165) is 24.3 Å². The Morgan fingerprint density at radius 2 is 1.29 bits per heavy atom. The Morgan fingerprint density at radius 1 is 0.743 bits per heavy atom. The summed E-state index contributed by atoms with van der Waals surface area (Å²) in [7, 11) is 0. The Bertz CT molecular complexity index is 1270. The third-order valence-electron chi connectivity index (χ3n) is 4.73. The first-order chi connectivity index (χ1) is 16.1. The number of halogens is 11. The van der Waals surface area contributed by atoms with E-state index in [1.807, 2.05) is 0 Å². The second kappa shape index (κ2) is 9.23. The van der Waals surface area contributed by atoms with Crippen LogP contribution in [0.25, 0.3) is 17.0 Å². The summed E-state index contributed by atoms with van der Waals surface area (Å²) in [5.41, 5.74) is -3.17. The van der Waals surface area contributed by atoms with Crippen molar-refractivity contribution in [2.75, 3.05) is 0 Å². The van der Waals surface area contributed by atoms with Crippen molar-refractivity contribution in [2.45, 2.75) is 19.2 Å². The Labute approximate surface area is 190 Å². The zero-order chi connectivity index (χ0) is 26.3. The maximum absolute atomic E-state index is 14.5. The van der Waals surface area contributed by atoms with E-state index in [1.165, 1.54) is 19.1 Å². The van der Waals surface area contributed by atoms with Crippen molar-refractivity contribution < 1.29 is 53.0 Å². The Morgan fingerprint density at radius 3 is 1.80 bits per heavy atom. The molecule has 0 atom stereocenters. The van der Waals surface area contributed by atoms with Gasteiger partial charge in [0.25, 0.3) is 0 Å². The molecular weight excluding hydrogens is 501 g/mol. The molecule has 3 aromatic rings. The molecule has 0 radical (unpaired) electrons. The molecule has 0 heterocycles. The van der Waals surface area contributed by atoms with E-state index < -0.39 is 64.1 Å². The quantitative estimate of drug-likeness (QED) is 0.312. The molecule has 0 aliphatic rings. The maximum Gasteiger partial charge on any atom is 0.445 e. The highest BCUT2D eigenvalue weighted by Crippen LogP contribution is 2.39. The normalized spacial score (nSPS) is 13.0. The highest BCUT2D eigenvalue weighted by Gasteiger charge is 2.40. The molecule has 0 bridgehead atoms. The molecule has 0 N–H and O–H groups in total. The highest BCUT2D eigenvalue weighted by molar-refractivity contribution is 5.65. The van der Waals surface area contributed by atoms with Gasteiger partial charge in [-0.1, -0.05) is 24.3 Å². The smallest absolute Gasteiger partial charge is 0.429 e. The molecule has 0 aliphatic heterocycles. The molecule has 1 nitrogen and oxygen atoms in total. The average molecular weight is 512 g/mol. The molecule has 186 valence electrons. The first-order valence-electron chi connectivity index (χ1n) is 9.37. The van der Waals surface area contributed by atoms with Crippen LogP contribution in [0.4, 0.5) is 48.3 Å². The Kier molecular flexibility index (Phi) is 6.87. The lowest BCUT2D eigenvalue weighted by Crippen LogP contribution is -2.22. The van der Waals surface area contributed by atoms with Crippen LogP contribution in [0.1, 0.15) is 16.7 Å². The monoisotopic (exact) mass is 512 g/mol. The molecule has 0 spiro atoms. The summed E-state index contributed by atoms with van der Waals surface area (Å²) in [5, 5.41) is 0. The van der Waals surface area contributed by atoms with Crippen molar-refractivity contribution >= 4 is 5.83 Å². The number of hydrogen-bond acceptors (Lipinski definition) is 1. The standard InChI is InChI=1S/C23H11F11O/c1-10-2-7-14(19(27)18(10)26)11-3-5-12(6-4-11)23(33,34)35-13-8-15(24)17(16(25)9-13)20(28)21(29)22(30,31)32/h2-9H,1H3/b21-20+. The van der Waals surface area contributed by atoms with E-state index in [1.54, 1.807) is 0 Å². The molecule has 12 heteroatoms. The second-order valence-corrected chi connectivity index (χ2v) is 7.14. The minimum atomic E-state index is -5.88. The predicted octanol–water partition coefficient (Wildman–Crippen LogP) is 8.52. The van der Waals surface area contributed by atoms with Crippen molar-refractivity contribution in [3.8, 4) is 16.9 Å². The Hall–Kier alpha value is -3.57. The molecule has 0 saturated carbocycles. The summed E-state index contributed by atoms with van der Waals surface area (Å²) < 4.78 is 152. The molecule has 0 saturated heterocycles. The SMILES string of the molecule is Cc1ccc(-c2ccc(C(F)(F)Oc3cc(F)c(/C(F)=C(\F)C(F)(F)F)c(F)c3)cc2)c(F)c1F. The van der Waals surface area contributed by atoms with Gasteiger partial charge in [0, 0.05) is 17.7 Å². The number of ether oxygens (including phenoxy) is 1. The van der Waals surface area contributed by atoms with Crippen molar-refractivity contribution in [3.63, 3.8) is 0 Å². The van der Waals surface area contributed by atoms with E-state index in [-0.39, 0.29) is 28.8 Å². The van der Waals surface area contributed by atoms with Crippen molar-refractivity contribution in [2.24, 2.45) is 0 Å². The molecule has 0 unspecified atom stereocenters. The van der Waals surface area contributed by atoms with Gasteiger partial charge < -0.3 is 4.74 Å². The number of benzene rings is 3. The summed E-state index contributed by atoms with van der Waals surface area (Å²) in [6.07, 6.45) is -10.2. The molecule has 3 rings (SSSR count). The van der Waals surface area contributed by atoms with Crippen LogP contribution in [0.2, 0.25) is 0 Å². The molecule has 3 aromatic carbocycles. The second-order valence-electron chi connectivity index (χ2n) is 7.14. The highest BCUT2D eigenvalue weighted by atomic mass is 19.4. The van der Waals surface area contributed by atoms with Crippen LogP contribution in [0.5, 0.6) is 5.75 Å². The van der Waals surface area contributed by atoms with E-state index in [0.29, 0.717) is 0 Å². The molecule has 0 fully saturated rings. The summed E-state index contributed by atoms with van der Waals surface area (Å²) in [5.74, 6) is -14.2. The van der Waals surface area contributed by atoms with E-state index in [2.05, 4.69) is 4.74 Å². The van der Waals surface area contributed by atoms with Gasteiger partial charge in [0.05, 0.1) is 11.1 Å². The van der Waals surface area contributed by atoms with Crippen LogP contribution in [0.3, 0.4) is 0 Å². The zero-order valence-electron chi connectivity index (χ0n) is 17.2. The molecule has 0 aromatic heterocycles. The van der Waals surface area contributed by atoms with E-state index in [9.17, 15) is 48.3 Å². The van der Waals surface area contributed by atoms with Gasteiger partial charge in [0.1, 0.15) is 17.4 Å². The molecule has 35 heavy (non-hydrogen) atoms. The first kappa shape index (κ1) is 26.0. The van der Waals surface area contributed by atoms with Gasteiger partial charge in [-0.3, -0.25) is 0 Å². The summed E-state index contributed by atoms with van der Waals surface area (Å²) in [6.45, 7) is 1.32.